The molecule has 0 bridgehead atoms. The summed E-state index contributed by atoms with van der Waals surface area (Å²) < 4.78 is 13.4. The summed E-state index contributed by atoms with van der Waals surface area (Å²) in [5.74, 6) is -0.298. The molecule has 0 atom stereocenters. The normalized spacial score (nSPS) is 13.9. The Bertz CT molecular complexity index is 832. The number of amides is 1. The van der Waals surface area contributed by atoms with Crippen molar-refractivity contribution in [2.45, 2.75) is 25.7 Å². The maximum absolute atomic E-state index is 13.4. The molecular formula is C22H26FN3O. The fourth-order valence-corrected chi connectivity index (χ4v) is 3.32. The van der Waals surface area contributed by atoms with Crippen molar-refractivity contribution < 1.29 is 9.18 Å². The molecule has 4 nitrogen and oxygen atoms in total. The Hall–Kier alpha value is -2.53. The van der Waals surface area contributed by atoms with Crippen LogP contribution in [0, 0.1) is 5.82 Å². The lowest BCUT2D eigenvalue weighted by molar-refractivity contribution is -0.130. The van der Waals surface area contributed by atoms with Crippen LogP contribution in [0.15, 0.2) is 53.6 Å². The van der Waals surface area contributed by atoms with Gasteiger partial charge in [-0.2, -0.15) is 5.10 Å². The number of hydrazone groups is 1. The van der Waals surface area contributed by atoms with Crippen LogP contribution in [-0.2, 0) is 17.6 Å². The van der Waals surface area contributed by atoms with Gasteiger partial charge >= 0.3 is 0 Å². The third-order valence-corrected chi connectivity index (χ3v) is 4.76. The van der Waals surface area contributed by atoms with Gasteiger partial charge in [-0.25, -0.2) is 9.40 Å². The molecule has 1 heterocycles. The largest absolute Gasteiger partial charge is 0.309 e. The minimum absolute atomic E-state index is 0.0125. The minimum Gasteiger partial charge on any atom is -0.309 e. The van der Waals surface area contributed by atoms with Crippen LogP contribution < -0.4 is 0 Å². The monoisotopic (exact) mass is 367 g/mol. The van der Waals surface area contributed by atoms with Gasteiger partial charge in [0.1, 0.15) is 5.82 Å². The first kappa shape index (κ1) is 19.2. The number of carbonyl (C=O) groups excluding carboxylic acids is 1. The topological polar surface area (TPSA) is 35.9 Å². The molecular weight excluding hydrogens is 341 g/mol. The van der Waals surface area contributed by atoms with E-state index in [1.807, 2.05) is 24.3 Å². The lowest BCUT2D eigenvalue weighted by Crippen LogP contribution is -2.25. The first-order chi connectivity index (χ1) is 13.0. The minimum atomic E-state index is -0.286. The van der Waals surface area contributed by atoms with E-state index in [4.69, 9.17) is 0 Å². The van der Waals surface area contributed by atoms with E-state index in [-0.39, 0.29) is 11.7 Å². The second kappa shape index (κ2) is 8.91. The van der Waals surface area contributed by atoms with Crippen LogP contribution in [0.4, 0.5) is 4.39 Å². The van der Waals surface area contributed by atoms with Crippen LogP contribution in [0.3, 0.4) is 0 Å². The Balaban J connectivity index is 1.66. The lowest BCUT2D eigenvalue weighted by atomic mass is 10.00. The summed E-state index contributed by atoms with van der Waals surface area (Å²) in [4.78, 5) is 14.9. The molecule has 2 aromatic rings. The average Bonchev–Trinajstić information content (AvgIpc) is 3.13. The number of hydrogen-bond acceptors (Lipinski definition) is 3. The average molecular weight is 367 g/mol. The Labute approximate surface area is 160 Å². The van der Waals surface area contributed by atoms with E-state index < -0.39 is 0 Å². The van der Waals surface area contributed by atoms with E-state index in [0.29, 0.717) is 19.4 Å². The molecule has 0 spiro atoms. The molecule has 1 aliphatic rings. The number of aryl methyl sites for hydroxylation is 1. The molecule has 0 radical (unpaired) electrons. The van der Waals surface area contributed by atoms with Crippen LogP contribution in [0.1, 0.15) is 29.5 Å². The molecule has 0 saturated heterocycles. The smallest absolute Gasteiger partial charge is 0.247 e. The summed E-state index contributed by atoms with van der Waals surface area (Å²) >= 11 is 0. The number of benzene rings is 2. The summed E-state index contributed by atoms with van der Waals surface area (Å²) in [6, 6.07) is 14.5. The van der Waals surface area contributed by atoms with Gasteiger partial charge in [-0.1, -0.05) is 36.4 Å². The van der Waals surface area contributed by atoms with Gasteiger partial charge in [0.05, 0.1) is 18.7 Å². The van der Waals surface area contributed by atoms with Crippen LogP contribution in [0.2, 0.25) is 0 Å². The molecule has 0 aromatic heterocycles. The van der Waals surface area contributed by atoms with Crippen molar-refractivity contribution >= 4 is 11.6 Å². The predicted molar refractivity (Wildman–Crippen MR) is 106 cm³/mol. The fraction of sp³-hybridized carbons (Fsp3) is 0.364. The van der Waals surface area contributed by atoms with Gasteiger partial charge in [-0.3, -0.25) is 4.79 Å². The first-order valence-corrected chi connectivity index (χ1v) is 9.38. The maximum atomic E-state index is 13.4. The number of nitrogens with zero attached hydrogens (tertiary/aromatic N) is 3. The molecule has 5 heteroatoms. The highest BCUT2D eigenvalue weighted by Gasteiger charge is 2.22. The van der Waals surface area contributed by atoms with E-state index in [0.717, 1.165) is 36.2 Å². The van der Waals surface area contributed by atoms with Crippen molar-refractivity contribution in [3.63, 3.8) is 0 Å². The second-order valence-corrected chi connectivity index (χ2v) is 7.18. The highest BCUT2D eigenvalue weighted by atomic mass is 19.1. The van der Waals surface area contributed by atoms with E-state index in [1.165, 1.54) is 22.7 Å². The predicted octanol–water partition coefficient (Wildman–Crippen LogP) is 3.50. The molecule has 0 N–H and O–H groups in total. The molecule has 0 unspecified atom stereocenters. The summed E-state index contributed by atoms with van der Waals surface area (Å²) in [5.41, 5.74) is 3.80. The SMILES string of the molecule is CN(C)CCCc1ccccc1CC(=O)N1CCC(c2cccc(F)c2)=N1. The quantitative estimate of drug-likeness (QED) is 0.751. The van der Waals surface area contributed by atoms with Crippen LogP contribution >= 0.6 is 0 Å². The third kappa shape index (κ3) is 5.23. The van der Waals surface area contributed by atoms with E-state index in [1.54, 1.807) is 6.07 Å². The van der Waals surface area contributed by atoms with Gasteiger partial charge in [0.15, 0.2) is 0 Å². The summed E-state index contributed by atoms with van der Waals surface area (Å²) in [6.45, 7) is 1.57. The van der Waals surface area contributed by atoms with Crippen LogP contribution in [0.25, 0.3) is 0 Å². The highest BCUT2D eigenvalue weighted by molar-refractivity contribution is 6.02. The van der Waals surface area contributed by atoms with Crippen LogP contribution in [0.5, 0.6) is 0 Å². The lowest BCUT2D eigenvalue weighted by Gasteiger charge is -2.14. The Morgan fingerprint density at radius 3 is 2.67 bits per heavy atom. The van der Waals surface area contributed by atoms with Crippen molar-refractivity contribution in [2.24, 2.45) is 5.10 Å². The second-order valence-electron chi connectivity index (χ2n) is 7.18. The highest BCUT2D eigenvalue weighted by Crippen LogP contribution is 2.18. The first-order valence-electron chi connectivity index (χ1n) is 9.38. The van der Waals surface area contributed by atoms with Gasteiger partial charge in [-0.15, -0.1) is 0 Å². The summed E-state index contributed by atoms with van der Waals surface area (Å²) in [7, 11) is 4.13. The zero-order valence-corrected chi connectivity index (χ0v) is 16.0. The van der Waals surface area contributed by atoms with Gasteiger partial charge in [-0.05, 0) is 56.7 Å². The number of rotatable bonds is 7. The zero-order valence-electron chi connectivity index (χ0n) is 16.0. The number of halogens is 1. The van der Waals surface area contributed by atoms with Crippen molar-refractivity contribution in [2.75, 3.05) is 27.2 Å². The standard InChI is InChI=1S/C22H26FN3O/c1-25(2)13-6-10-17-7-3-4-8-18(17)16-22(27)26-14-12-21(24-26)19-9-5-11-20(23)15-19/h3-5,7-9,11,15H,6,10,12-14,16H2,1-2H3. The Kier molecular flexibility index (Phi) is 6.35. The molecule has 0 fully saturated rings. The van der Waals surface area contributed by atoms with Crippen molar-refractivity contribution in [1.82, 2.24) is 9.91 Å². The molecule has 0 aliphatic carbocycles. The fourth-order valence-electron chi connectivity index (χ4n) is 3.32. The van der Waals surface area contributed by atoms with Gasteiger partial charge in [0.2, 0.25) is 5.91 Å². The van der Waals surface area contributed by atoms with Crippen molar-refractivity contribution in [3.05, 3.63) is 71.0 Å². The van der Waals surface area contributed by atoms with Gasteiger partial charge < -0.3 is 4.90 Å². The Morgan fingerprint density at radius 1 is 1.15 bits per heavy atom. The molecule has 142 valence electrons. The van der Waals surface area contributed by atoms with E-state index >= 15 is 0 Å². The van der Waals surface area contributed by atoms with Gasteiger partial charge in [0, 0.05) is 12.0 Å². The third-order valence-electron chi connectivity index (χ3n) is 4.76. The van der Waals surface area contributed by atoms with Crippen LogP contribution in [-0.4, -0.2) is 48.7 Å². The Morgan fingerprint density at radius 2 is 1.93 bits per heavy atom. The summed E-state index contributed by atoms with van der Waals surface area (Å²) in [5, 5.41) is 5.96. The van der Waals surface area contributed by atoms with Crippen molar-refractivity contribution in [3.8, 4) is 0 Å². The zero-order chi connectivity index (χ0) is 19.2. The van der Waals surface area contributed by atoms with Crippen molar-refractivity contribution in [1.29, 1.82) is 0 Å². The molecule has 27 heavy (non-hydrogen) atoms. The summed E-state index contributed by atoms with van der Waals surface area (Å²) in [6.07, 6.45) is 3.01. The van der Waals surface area contributed by atoms with E-state index in [9.17, 15) is 9.18 Å². The molecule has 2 aromatic carbocycles. The van der Waals surface area contributed by atoms with E-state index in [2.05, 4.69) is 30.2 Å². The number of carbonyl (C=O) groups is 1. The molecule has 1 amide bonds. The molecule has 3 rings (SSSR count). The number of hydrogen-bond donors (Lipinski definition) is 0. The molecule has 0 saturated carbocycles. The van der Waals surface area contributed by atoms with Gasteiger partial charge in [0.25, 0.3) is 0 Å². The maximum Gasteiger partial charge on any atom is 0.247 e. The molecule has 1 aliphatic heterocycles.